The molecule has 1 aliphatic heterocycles. The molecule has 0 saturated carbocycles. The number of carbonyl (C=O) groups is 2. The smallest absolute Gasteiger partial charge is 0.308 e. The zero-order valence-electron chi connectivity index (χ0n) is 12.3. The lowest BCUT2D eigenvalue weighted by atomic mass is 9.93. The molecule has 7 heteroatoms. The van der Waals surface area contributed by atoms with E-state index in [0.29, 0.717) is 40.9 Å². The normalized spacial score (nSPS) is 21.9. The first-order chi connectivity index (χ1) is 10.4. The van der Waals surface area contributed by atoms with Gasteiger partial charge in [0.25, 0.3) is 0 Å². The van der Waals surface area contributed by atoms with Gasteiger partial charge < -0.3 is 10.0 Å². The summed E-state index contributed by atoms with van der Waals surface area (Å²) in [5, 5.41) is 9.12. The first kappa shape index (κ1) is 17.6. The van der Waals surface area contributed by atoms with E-state index in [2.05, 4.69) is 0 Å². The quantitative estimate of drug-likeness (QED) is 0.856. The van der Waals surface area contributed by atoms with Crippen LogP contribution in [0, 0.1) is 5.92 Å². The summed E-state index contributed by atoms with van der Waals surface area (Å²) in [5.41, 5.74) is 0.972. The van der Waals surface area contributed by atoms with Crippen LogP contribution in [0.25, 0.3) is 0 Å². The molecule has 2 heterocycles. The summed E-state index contributed by atoms with van der Waals surface area (Å²) in [4.78, 5) is 25.2. The van der Waals surface area contributed by atoms with Crippen LogP contribution in [-0.4, -0.2) is 34.5 Å². The SMILES string of the molecule is CC1CCC(C(=O)O)CN1C(=O)CCCc1cc(Cl)sc1Cl. The van der Waals surface area contributed by atoms with Crippen LogP contribution in [0.3, 0.4) is 0 Å². The van der Waals surface area contributed by atoms with Gasteiger partial charge in [-0.1, -0.05) is 23.2 Å². The van der Waals surface area contributed by atoms with E-state index in [-0.39, 0.29) is 11.9 Å². The highest BCUT2D eigenvalue weighted by atomic mass is 35.5. The molecule has 1 amide bonds. The Balaban J connectivity index is 1.85. The molecule has 2 unspecified atom stereocenters. The van der Waals surface area contributed by atoms with Crippen molar-refractivity contribution in [2.45, 2.75) is 45.1 Å². The Bertz CT molecular complexity index is 561. The molecule has 2 rings (SSSR count). The number of halogens is 2. The molecule has 0 bridgehead atoms. The van der Waals surface area contributed by atoms with Crippen LogP contribution in [0.2, 0.25) is 8.67 Å². The predicted octanol–water partition coefficient (Wildman–Crippen LogP) is 4.09. The zero-order chi connectivity index (χ0) is 16.3. The second-order valence-electron chi connectivity index (χ2n) is 5.71. The second-order valence-corrected chi connectivity index (χ2v) is 8.00. The minimum Gasteiger partial charge on any atom is -0.481 e. The summed E-state index contributed by atoms with van der Waals surface area (Å²) in [7, 11) is 0. The number of carbonyl (C=O) groups excluding carboxylic acids is 1. The maximum atomic E-state index is 12.3. The average Bonchev–Trinajstić information content (AvgIpc) is 2.77. The zero-order valence-corrected chi connectivity index (χ0v) is 14.7. The first-order valence-electron chi connectivity index (χ1n) is 7.34. The molecule has 4 nitrogen and oxygen atoms in total. The fourth-order valence-corrected chi connectivity index (χ4v) is 4.32. The molecule has 1 aromatic rings. The number of aliphatic carboxylic acids is 1. The topological polar surface area (TPSA) is 57.6 Å². The molecule has 0 aromatic carbocycles. The number of carboxylic acid groups (broad SMARTS) is 1. The van der Waals surface area contributed by atoms with E-state index in [1.54, 1.807) is 4.90 Å². The maximum absolute atomic E-state index is 12.3. The van der Waals surface area contributed by atoms with E-state index in [0.717, 1.165) is 12.0 Å². The third-order valence-corrected chi connectivity index (χ3v) is 5.68. The molecule has 1 N–H and O–H groups in total. The minimum atomic E-state index is -0.815. The Morgan fingerprint density at radius 2 is 2.14 bits per heavy atom. The van der Waals surface area contributed by atoms with Crippen LogP contribution < -0.4 is 0 Å². The number of carboxylic acids is 1. The Hall–Kier alpha value is -0.780. The Labute approximate surface area is 144 Å². The second kappa shape index (κ2) is 7.66. The van der Waals surface area contributed by atoms with Crippen molar-refractivity contribution in [3.63, 3.8) is 0 Å². The molecule has 2 atom stereocenters. The molecule has 0 radical (unpaired) electrons. The summed E-state index contributed by atoms with van der Waals surface area (Å²) in [6, 6.07) is 1.95. The highest BCUT2D eigenvalue weighted by Crippen LogP contribution is 2.32. The standard InChI is InChI=1S/C15H19Cl2NO3S/c1-9-5-6-11(15(20)21)8-18(9)13(19)4-2-3-10-7-12(16)22-14(10)17/h7,9,11H,2-6,8H2,1H3,(H,20,21). The number of nitrogens with zero attached hydrogens (tertiary/aromatic N) is 1. The molecule has 0 spiro atoms. The number of hydrogen-bond donors (Lipinski definition) is 1. The molecular weight excluding hydrogens is 345 g/mol. The van der Waals surface area contributed by atoms with Gasteiger partial charge >= 0.3 is 5.97 Å². The summed E-state index contributed by atoms with van der Waals surface area (Å²) < 4.78 is 1.33. The van der Waals surface area contributed by atoms with E-state index >= 15 is 0 Å². The highest BCUT2D eigenvalue weighted by Gasteiger charge is 2.32. The van der Waals surface area contributed by atoms with Gasteiger partial charge in [0.15, 0.2) is 0 Å². The van der Waals surface area contributed by atoms with Gasteiger partial charge in [-0.2, -0.15) is 0 Å². The minimum absolute atomic E-state index is 0.0240. The van der Waals surface area contributed by atoms with Crippen LogP contribution in [0.4, 0.5) is 0 Å². The first-order valence-corrected chi connectivity index (χ1v) is 8.91. The van der Waals surface area contributed by atoms with E-state index in [1.807, 2.05) is 13.0 Å². The summed E-state index contributed by atoms with van der Waals surface area (Å²) >= 11 is 13.3. The molecule has 0 aliphatic carbocycles. The van der Waals surface area contributed by atoms with Gasteiger partial charge in [-0.3, -0.25) is 9.59 Å². The number of aryl methyl sites for hydroxylation is 1. The fourth-order valence-electron chi connectivity index (χ4n) is 2.77. The number of thiophene rings is 1. The number of rotatable bonds is 5. The fraction of sp³-hybridized carbons (Fsp3) is 0.600. The van der Waals surface area contributed by atoms with E-state index < -0.39 is 11.9 Å². The van der Waals surface area contributed by atoms with E-state index in [9.17, 15) is 9.59 Å². The van der Waals surface area contributed by atoms with Crippen molar-refractivity contribution >= 4 is 46.4 Å². The molecule has 1 fully saturated rings. The third kappa shape index (κ3) is 4.37. The summed E-state index contributed by atoms with van der Waals surface area (Å²) in [5.74, 6) is -1.23. The highest BCUT2D eigenvalue weighted by molar-refractivity contribution is 7.20. The molecule has 122 valence electrons. The van der Waals surface area contributed by atoms with Gasteiger partial charge in [0.1, 0.15) is 0 Å². The van der Waals surface area contributed by atoms with Crippen LogP contribution in [0.15, 0.2) is 6.07 Å². The lowest BCUT2D eigenvalue weighted by Crippen LogP contribution is -2.47. The van der Waals surface area contributed by atoms with Gasteiger partial charge in [0.05, 0.1) is 14.6 Å². The molecule has 22 heavy (non-hydrogen) atoms. The van der Waals surface area contributed by atoms with Crippen molar-refractivity contribution in [1.82, 2.24) is 4.90 Å². The van der Waals surface area contributed by atoms with Crippen LogP contribution in [0.1, 0.15) is 38.2 Å². The van der Waals surface area contributed by atoms with Crippen molar-refractivity contribution in [1.29, 1.82) is 0 Å². The van der Waals surface area contributed by atoms with Gasteiger partial charge in [-0.25, -0.2) is 0 Å². The lowest BCUT2D eigenvalue weighted by Gasteiger charge is -2.36. The van der Waals surface area contributed by atoms with Gasteiger partial charge in [-0.15, -0.1) is 11.3 Å². The third-order valence-electron chi connectivity index (χ3n) is 4.12. The Morgan fingerprint density at radius 1 is 1.41 bits per heavy atom. The number of hydrogen-bond acceptors (Lipinski definition) is 3. The lowest BCUT2D eigenvalue weighted by molar-refractivity contribution is -0.147. The van der Waals surface area contributed by atoms with Crippen LogP contribution in [0.5, 0.6) is 0 Å². The van der Waals surface area contributed by atoms with Gasteiger partial charge in [0, 0.05) is 19.0 Å². The van der Waals surface area contributed by atoms with Crippen molar-refractivity contribution in [2.24, 2.45) is 5.92 Å². The predicted molar refractivity (Wildman–Crippen MR) is 88.8 cm³/mol. The Morgan fingerprint density at radius 3 is 2.73 bits per heavy atom. The largest absolute Gasteiger partial charge is 0.481 e. The number of likely N-dealkylation sites (tertiary alicyclic amines) is 1. The maximum Gasteiger partial charge on any atom is 0.308 e. The van der Waals surface area contributed by atoms with Crippen molar-refractivity contribution in [3.8, 4) is 0 Å². The summed E-state index contributed by atoms with van der Waals surface area (Å²) in [6.45, 7) is 2.30. The molecule has 1 aromatic heterocycles. The van der Waals surface area contributed by atoms with Crippen molar-refractivity contribution in [3.05, 3.63) is 20.3 Å². The van der Waals surface area contributed by atoms with E-state index in [1.165, 1.54) is 11.3 Å². The Kier molecular flexibility index (Phi) is 6.12. The summed E-state index contributed by atoms with van der Waals surface area (Å²) in [6.07, 6.45) is 3.18. The van der Waals surface area contributed by atoms with Crippen LogP contribution >= 0.6 is 34.5 Å². The number of amides is 1. The molecule has 1 saturated heterocycles. The van der Waals surface area contributed by atoms with Crippen LogP contribution in [-0.2, 0) is 16.0 Å². The average molecular weight is 364 g/mol. The molecule has 1 aliphatic rings. The van der Waals surface area contributed by atoms with Gasteiger partial charge in [0.2, 0.25) is 5.91 Å². The van der Waals surface area contributed by atoms with Crippen molar-refractivity contribution in [2.75, 3.05) is 6.54 Å². The van der Waals surface area contributed by atoms with Gasteiger partial charge in [-0.05, 0) is 44.2 Å². The molecular formula is C15H19Cl2NO3S. The number of piperidine rings is 1. The monoisotopic (exact) mass is 363 g/mol. The van der Waals surface area contributed by atoms with E-state index in [4.69, 9.17) is 28.3 Å². The van der Waals surface area contributed by atoms with Crippen molar-refractivity contribution < 1.29 is 14.7 Å².